The Morgan fingerprint density at radius 2 is 2.33 bits per heavy atom. The molecule has 2 N–H and O–H groups in total. The number of rotatable bonds is 4. The highest BCUT2D eigenvalue weighted by atomic mass is 35.5. The number of anilines is 1. The monoisotopic (exact) mass is 309 g/mol. The molecule has 1 amide bonds. The minimum atomic E-state index is -0.341. The van der Waals surface area contributed by atoms with Crippen molar-refractivity contribution in [3.05, 3.63) is 23.1 Å². The van der Waals surface area contributed by atoms with Crippen LogP contribution in [0, 0.1) is 12.8 Å². The normalized spacial score (nSPS) is 15.3. The van der Waals surface area contributed by atoms with E-state index in [1.165, 1.54) is 6.33 Å². The van der Waals surface area contributed by atoms with Gasteiger partial charge in [0, 0.05) is 19.5 Å². The van der Waals surface area contributed by atoms with Gasteiger partial charge in [-0.05, 0) is 30.9 Å². The molecule has 0 saturated carbocycles. The van der Waals surface area contributed by atoms with Gasteiger partial charge in [0.1, 0.15) is 17.0 Å². The molecule has 0 radical (unpaired) electrons. The van der Waals surface area contributed by atoms with Crippen LogP contribution in [0.1, 0.15) is 18.4 Å². The van der Waals surface area contributed by atoms with E-state index in [1.807, 2.05) is 13.0 Å². The number of hydrogen-bond donors (Lipinski definition) is 2. The number of fused-ring (bicyclic) bond motifs is 1. The van der Waals surface area contributed by atoms with Crippen LogP contribution in [0.4, 0.5) is 5.82 Å². The molecule has 3 rings (SSSR count). The molecule has 0 aliphatic carbocycles. The summed E-state index contributed by atoms with van der Waals surface area (Å²) >= 11 is 6.13. The molecule has 1 aliphatic rings. The summed E-state index contributed by atoms with van der Waals surface area (Å²) in [6.07, 6.45) is 2.59. The Kier molecular flexibility index (Phi) is 3.69. The Bertz CT molecular complexity index is 680. The smallest absolute Gasteiger partial charge is 0.243 e. The summed E-state index contributed by atoms with van der Waals surface area (Å²) in [7, 11) is 0. The fraction of sp³-hybridized carbons (Fsp3) is 0.462. The molecule has 0 aromatic carbocycles. The quantitative estimate of drug-likeness (QED) is 0.659. The van der Waals surface area contributed by atoms with E-state index in [4.69, 9.17) is 16.8 Å². The molecule has 7 nitrogen and oxygen atoms in total. The summed E-state index contributed by atoms with van der Waals surface area (Å²) in [5, 5.41) is 13.2. The Labute approximate surface area is 126 Å². The Balaban J connectivity index is 1.71. The number of hydrogen-bond acceptors (Lipinski definition) is 5. The van der Waals surface area contributed by atoms with Crippen LogP contribution in [0.15, 0.2) is 12.4 Å². The summed E-state index contributed by atoms with van der Waals surface area (Å²) < 4.78 is 1.69. The van der Waals surface area contributed by atoms with Crippen LogP contribution < -0.4 is 10.4 Å². The van der Waals surface area contributed by atoms with E-state index in [0.717, 1.165) is 36.4 Å². The first-order valence-electron chi connectivity index (χ1n) is 6.77. The summed E-state index contributed by atoms with van der Waals surface area (Å²) in [5.74, 6) is 0.965. The highest BCUT2D eigenvalue weighted by Crippen LogP contribution is 2.32. The number of amides is 1. The Morgan fingerprint density at radius 3 is 3.05 bits per heavy atom. The Hall–Kier alpha value is -1.86. The van der Waals surface area contributed by atoms with Crippen LogP contribution in [-0.2, 0) is 4.79 Å². The average molecular weight is 310 g/mol. The van der Waals surface area contributed by atoms with Gasteiger partial charge in [-0.1, -0.05) is 11.6 Å². The number of nitrogens with one attached hydrogen (secondary N) is 1. The van der Waals surface area contributed by atoms with E-state index < -0.39 is 0 Å². The number of aromatic nitrogens is 3. The van der Waals surface area contributed by atoms with E-state index in [0.29, 0.717) is 17.5 Å². The topological polar surface area (TPSA) is 82.8 Å². The zero-order valence-corrected chi connectivity index (χ0v) is 12.3. The molecule has 2 aromatic heterocycles. The highest BCUT2D eigenvalue weighted by Gasteiger charge is 2.30. The lowest BCUT2D eigenvalue weighted by Gasteiger charge is -2.40. The van der Waals surface area contributed by atoms with Gasteiger partial charge in [-0.2, -0.15) is 5.10 Å². The number of hydroxylamine groups is 1. The van der Waals surface area contributed by atoms with Gasteiger partial charge in [0.05, 0.1) is 0 Å². The summed E-state index contributed by atoms with van der Waals surface area (Å²) in [6, 6.07) is 1.87. The van der Waals surface area contributed by atoms with Gasteiger partial charge < -0.3 is 4.90 Å². The molecule has 0 atom stereocenters. The van der Waals surface area contributed by atoms with Crippen molar-refractivity contribution in [2.75, 3.05) is 18.0 Å². The summed E-state index contributed by atoms with van der Waals surface area (Å²) in [5.41, 5.74) is 3.62. The molecule has 21 heavy (non-hydrogen) atoms. The van der Waals surface area contributed by atoms with Crippen LogP contribution >= 0.6 is 11.6 Å². The predicted octanol–water partition coefficient (Wildman–Crippen LogP) is 1.41. The van der Waals surface area contributed by atoms with Gasteiger partial charge in [-0.3, -0.25) is 10.0 Å². The molecule has 2 aromatic rings. The minimum Gasteiger partial charge on any atom is -0.354 e. The molecule has 8 heteroatoms. The van der Waals surface area contributed by atoms with Crippen molar-refractivity contribution in [3.63, 3.8) is 0 Å². The third-order valence-electron chi connectivity index (χ3n) is 3.84. The summed E-state index contributed by atoms with van der Waals surface area (Å²) in [6.45, 7) is 3.66. The first-order valence-corrected chi connectivity index (χ1v) is 7.14. The van der Waals surface area contributed by atoms with Crippen molar-refractivity contribution in [3.8, 4) is 0 Å². The Morgan fingerprint density at radius 1 is 1.57 bits per heavy atom. The lowest BCUT2D eigenvalue weighted by atomic mass is 9.94. The number of nitrogens with zero attached hydrogens (tertiary/aromatic N) is 4. The van der Waals surface area contributed by atoms with Crippen LogP contribution in [0.3, 0.4) is 0 Å². The molecule has 0 bridgehead atoms. The zero-order valence-electron chi connectivity index (χ0n) is 11.6. The number of carbonyl (C=O) groups is 1. The van der Waals surface area contributed by atoms with Crippen LogP contribution in [0.2, 0.25) is 5.15 Å². The third kappa shape index (κ3) is 2.54. The van der Waals surface area contributed by atoms with E-state index >= 15 is 0 Å². The second-order valence-corrected chi connectivity index (χ2v) is 5.73. The molecular formula is C13H16ClN5O2. The van der Waals surface area contributed by atoms with Crippen molar-refractivity contribution in [1.29, 1.82) is 0 Å². The minimum absolute atomic E-state index is 0.337. The van der Waals surface area contributed by atoms with Crippen LogP contribution in [0.5, 0.6) is 0 Å². The van der Waals surface area contributed by atoms with Crippen molar-refractivity contribution in [2.45, 2.75) is 19.8 Å². The maximum Gasteiger partial charge on any atom is 0.243 e. The van der Waals surface area contributed by atoms with E-state index in [2.05, 4.69) is 15.0 Å². The number of halogens is 1. The van der Waals surface area contributed by atoms with Crippen LogP contribution in [-0.4, -0.2) is 38.8 Å². The van der Waals surface area contributed by atoms with Gasteiger partial charge in [-0.15, -0.1) is 0 Å². The molecule has 112 valence electrons. The largest absolute Gasteiger partial charge is 0.354 e. The summed E-state index contributed by atoms with van der Waals surface area (Å²) in [4.78, 5) is 17.5. The predicted molar refractivity (Wildman–Crippen MR) is 77.6 cm³/mol. The molecule has 1 fully saturated rings. The third-order valence-corrected chi connectivity index (χ3v) is 4.11. The number of aryl methyl sites for hydroxylation is 1. The molecule has 0 unspecified atom stereocenters. The molecule has 0 spiro atoms. The standard InChI is InChI=1S/C13H16ClN5O2/c1-8-4-10(14)19-12(8)13(15-7-16-19)18-5-9(6-18)2-3-11(20)17-21/h4,7,9,21H,2-3,5-6H2,1H3,(H,17,20). The lowest BCUT2D eigenvalue weighted by molar-refractivity contribution is -0.129. The second kappa shape index (κ2) is 5.50. The maximum absolute atomic E-state index is 11.0. The molecule has 1 aliphatic heterocycles. The second-order valence-electron chi connectivity index (χ2n) is 5.34. The molecule has 3 heterocycles. The fourth-order valence-corrected chi connectivity index (χ4v) is 3.00. The average Bonchev–Trinajstić information content (AvgIpc) is 2.73. The highest BCUT2D eigenvalue weighted by molar-refractivity contribution is 6.30. The van der Waals surface area contributed by atoms with Crippen LogP contribution in [0.25, 0.3) is 5.52 Å². The van der Waals surface area contributed by atoms with Gasteiger partial charge in [-0.25, -0.2) is 15.0 Å². The van der Waals surface area contributed by atoms with Crippen molar-refractivity contribution in [1.82, 2.24) is 20.1 Å². The molecule has 1 saturated heterocycles. The molecular weight excluding hydrogens is 294 g/mol. The van der Waals surface area contributed by atoms with E-state index in [9.17, 15) is 4.79 Å². The first kappa shape index (κ1) is 14.1. The van der Waals surface area contributed by atoms with E-state index in [-0.39, 0.29) is 5.91 Å². The fourth-order valence-electron chi connectivity index (χ4n) is 2.71. The van der Waals surface area contributed by atoms with Crippen molar-refractivity contribution in [2.24, 2.45) is 5.92 Å². The maximum atomic E-state index is 11.0. The van der Waals surface area contributed by atoms with Crippen molar-refractivity contribution >= 4 is 28.8 Å². The first-order chi connectivity index (χ1) is 10.1. The number of carbonyl (C=O) groups excluding carboxylic acids is 1. The lowest BCUT2D eigenvalue weighted by Crippen LogP contribution is -2.47. The van der Waals surface area contributed by atoms with Gasteiger partial charge in [0.2, 0.25) is 5.91 Å². The van der Waals surface area contributed by atoms with Gasteiger partial charge >= 0.3 is 0 Å². The van der Waals surface area contributed by atoms with Gasteiger partial charge in [0.25, 0.3) is 0 Å². The zero-order chi connectivity index (χ0) is 15.0. The van der Waals surface area contributed by atoms with Crippen molar-refractivity contribution < 1.29 is 10.0 Å². The van der Waals surface area contributed by atoms with Gasteiger partial charge in [0.15, 0.2) is 5.82 Å². The SMILES string of the molecule is Cc1cc(Cl)n2ncnc(N3CC(CCC(=O)NO)C3)c12. The van der Waals surface area contributed by atoms with E-state index in [1.54, 1.807) is 10.00 Å².